The van der Waals surface area contributed by atoms with E-state index in [4.69, 9.17) is 4.74 Å². The molecule has 2 aromatic carbocycles. The Hall–Kier alpha value is -3.35. The molecular weight excluding hydrogens is 550 g/mol. The van der Waals surface area contributed by atoms with Crippen LogP contribution in [0.2, 0.25) is 0 Å². The van der Waals surface area contributed by atoms with Crippen LogP contribution in [0.4, 0.5) is 4.79 Å². The van der Waals surface area contributed by atoms with Crippen molar-refractivity contribution in [2.75, 3.05) is 6.54 Å². The molecule has 0 aliphatic carbocycles. The average Bonchev–Trinajstić information content (AvgIpc) is 3.41. The molecule has 1 saturated heterocycles. The Kier molecular flexibility index (Phi) is 10.8. The lowest BCUT2D eigenvalue weighted by Crippen LogP contribution is -2.51. The molecule has 1 fully saturated rings. The highest BCUT2D eigenvalue weighted by Gasteiger charge is 2.37. The number of hydrogen-bond acceptors (Lipinski definition) is 4. The summed E-state index contributed by atoms with van der Waals surface area (Å²) in [5.41, 5.74) is 5.16. The molecule has 3 amide bonds. The fraction of sp³-hybridized carbons (Fsp3) is 0.595. The molecule has 240 valence electrons. The number of likely N-dealkylation sites (tertiary alicyclic amines) is 1. The van der Waals surface area contributed by atoms with Crippen LogP contribution in [0.15, 0.2) is 36.4 Å². The van der Waals surface area contributed by atoms with Crippen molar-refractivity contribution in [3.63, 3.8) is 0 Å². The van der Waals surface area contributed by atoms with Crippen LogP contribution in [0.5, 0.6) is 0 Å². The lowest BCUT2D eigenvalue weighted by atomic mass is 9.86. The molecule has 3 unspecified atom stereocenters. The van der Waals surface area contributed by atoms with Gasteiger partial charge in [-0.3, -0.25) is 9.59 Å². The Morgan fingerprint density at radius 3 is 2.27 bits per heavy atom. The highest BCUT2D eigenvalue weighted by molar-refractivity contribution is 5.99. The number of fused-ring (bicyclic) bond motifs is 1. The number of amides is 3. The minimum absolute atomic E-state index is 0.0114. The van der Waals surface area contributed by atoms with E-state index in [0.29, 0.717) is 30.6 Å². The molecular formula is C37H53N3O4. The van der Waals surface area contributed by atoms with E-state index in [9.17, 15) is 14.4 Å². The Labute approximate surface area is 264 Å². The maximum atomic E-state index is 13.7. The number of carbonyl (C=O) groups excluding carboxylic acids is 3. The van der Waals surface area contributed by atoms with Crippen molar-refractivity contribution in [1.29, 1.82) is 0 Å². The standard InChI is InChI=1S/C37H53N3O4/c1-9-12-26-20-27(35(42)40-30(10-2)16-17-31(40)11-3)15-18-32(26)34(41)38-22-25(5)33-21-29-19-24(4)13-14-28(29)23-39(33)36(43)44-37(6,7)8/h13-15,18-20,25,30-31,33H,9-12,16-17,21-23H2,1-8H3,(H,38,41)/t25?,30?,31?,33-/m0/s1. The van der Waals surface area contributed by atoms with Crippen molar-refractivity contribution < 1.29 is 19.1 Å². The number of nitrogens with zero attached hydrogens (tertiary/aromatic N) is 2. The van der Waals surface area contributed by atoms with Crippen molar-refractivity contribution in [3.05, 3.63) is 69.8 Å². The van der Waals surface area contributed by atoms with Gasteiger partial charge in [0.15, 0.2) is 0 Å². The van der Waals surface area contributed by atoms with Gasteiger partial charge in [0.05, 0.1) is 0 Å². The van der Waals surface area contributed by atoms with E-state index in [1.165, 1.54) is 11.1 Å². The molecule has 1 N–H and O–H groups in total. The van der Waals surface area contributed by atoms with Crippen LogP contribution in [0.1, 0.15) is 124 Å². The summed E-state index contributed by atoms with van der Waals surface area (Å²) in [5, 5.41) is 3.16. The number of rotatable bonds is 9. The quantitative estimate of drug-likeness (QED) is 0.323. The molecule has 0 saturated carbocycles. The van der Waals surface area contributed by atoms with Gasteiger partial charge in [-0.25, -0.2) is 4.79 Å². The third-order valence-electron chi connectivity index (χ3n) is 9.31. The maximum absolute atomic E-state index is 13.7. The van der Waals surface area contributed by atoms with Crippen LogP contribution in [0.3, 0.4) is 0 Å². The second kappa shape index (κ2) is 14.2. The monoisotopic (exact) mass is 603 g/mol. The summed E-state index contributed by atoms with van der Waals surface area (Å²) in [6.07, 6.45) is 6.00. The van der Waals surface area contributed by atoms with Gasteiger partial charge >= 0.3 is 6.09 Å². The van der Waals surface area contributed by atoms with E-state index in [2.05, 4.69) is 63.0 Å². The van der Waals surface area contributed by atoms with Crippen molar-refractivity contribution in [2.24, 2.45) is 5.92 Å². The minimum Gasteiger partial charge on any atom is -0.444 e. The highest BCUT2D eigenvalue weighted by atomic mass is 16.6. The zero-order valence-corrected chi connectivity index (χ0v) is 28.2. The van der Waals surface area contributed by atoms with Crippen LogP contribution in [0, 0.1) is 12.8 Å². The third kappa shape index (κ3) is 7.65. The molecule has 2 aliphatic heterocycles. The average molecular weight is 604 g/mol. The maximum Gasteiger partial charge on any atom is 0.410 e. The molecule has 2 heterocycles. The molecule has 7 heteroatoms. The smallest absolute Gasteiger partial charge is 0.410 e. The molecule has 0 radical (unpaired) electrons. The molecule has 2 aliphatic rings. The fourth-order valence-corrected chi connectivity index (χ4v) is 6.92. The van der Waals surface area contributed by atoms with Gasteiger partial charge < -0.3 is 19.9 Å². The zero-order chi connectivity index (χ0) is 32.2. The molecule has 4 rings (SSSR count). The first-order valence-corrected chi connectivity index (χ1v) is 16.7. The Bertz CT molecular complexity index is 1330. The summed E-state index contributed by atoms with van der Waals surface area (Å²) >= 11 is 0. The molecule has 0 spiro atoms. The Morgan fingerprint density at radius 1 is 0.977 bits per heavy atom. The van der Waals surface area contributed by atoms with Crippen LogP contribution in [-0.2, 0) is 24.1 Å². The molecule has 44 heavy (non-hydrogen) atoms. The number of carbonyl (C=O) groups is 3. The van der Waals surface area contributed by atoms with Crippen molar-refractivity contribution in [3.8, 4) is 0 Å². The SMILES string of the molecule is CCCc1cc(C(=O)N2C(CC)CCC2CC)ccc1C(=O)NCC(C)[C@@H]1Cc2cc(C)ccc2CN1C(=O)OC(C)(C)C. The summed E-state index contributed by atoms with van der Waals surface area (Å²) in [5.74, 6) is -0.0777. The van der Waals surface area contributed by atoms with E-state index in [1.807, 2.05) is 43.9 Å². The summed E-state index contributed by atoms with van der Waals surface area (Å²) < 4.78 is 5.80. The summed E-state index contributed by atoms with van der Waals surface area (Å²) in [7, 11) is 0. The van der Waals surface area contributed by atoms with Gasteiger partial charge in [-0.1, -0.05) is 57.9 Å². The predicted octanol–water partition coefficient (Wildman–Crippen LogP) is 7.47. The number of benzene rings is 2. The van der Waals surface area contributed by atoms with Gasteiger partial charge in [0.25, 0.3) is 11.8 Å². The lowest BCUT2D eigenvalue weighted by Gasteiger charge is -2.40. The number of nitrogens with one attached hydrogen (secondary N) is 1. The summed E-state index contributed by atoms with van der Waals surface area (Å²) in [6, 6.07) is 12.4. The van der Waals surface area contributed by atoms with Gasteiger partial charge in [-0.05, 0) is 107 Å². The van der Waals surface area contributed by atoms with Gasteiger partial charge in [0.1, 0.15) is 5.60 Å². The molecule has 7 nitrogen and oxygen atoms in total. The van der Waals surface area contributed by atoms with Crippen molar-refractivity contribution >= 4 is 17.9 Å². The lowest BCUT2D eigenvalue weighted by molar-refractivity contribution is 0.00556. The second-order valence-corrected chi connectivity index (χ2v) is 13.9. The summed E-state index contributed by atoms with van der Waals surface area (Å²) in [4.78, 5) is 44.5. The third-order valence-corrected chi connectivity index (χ3v) is 9.31. The molecule has 0 bridgehead atoms. The van der Waals surface area contributed by atoms with E-state index >= 15 is 0 Å². The van der Waals surface area contributed by atoms with Gasteiger partial charge in [-0.2, -0.15) is 0 Å². The van der Waals surface area contributed by atoms with Crippen LogP contribution in [0.25, 0.3) is 0 Å². The number of hydrogen-bond donors (Lipinski definition) is 1. The Morgan fingerprint density at radius 2 is 1.66 bits per heavy atom. The highest BCUT2D eigenvalue weighted by Crippen LogP contribution is 2.32. The van der Waals surface area contributed by atoms with E-state index in [1.54, 1.807) is 0 Å². The zero-order valence-electron chi connectivity index (χ0n) is 28.2. The first-order chi connectivity index (χ1) is 20.9. The fourth-order valence-electron chi connectivity index (χ4n) is 6.92. The summed E-state index contributed by atoms with van der Waals surface area (Å²) in [6.45, 7) is 17.1. The van der Waals surface area contributed by atoms with Crippen LogP contribution >= 0.6 is 0 Å². The van der Waals surface area contributed by atoms with Crippen molar-refractivity contribution in [2.45, 2.75) is 131 Å². The minimum atomic E-state index is -0.598. The van der Waals surface area contributed by atoms with Crippen LogP contribution in [-0.4, -0.2) is 58.0 Å². The number of aryl methyl sites for hydroxylation is 2. The molecule has 4 atom stereocenters. The largest absolute Gasteiger partial charge is 0.444 e. The van der Waals surface area contributed by atoms with E-state index in [-0.39, 0.29) is 42.0 Å². The topological polar surface area (TPSA) is 79.0 Å². The van der Waals surface area contributed by atoms with Gasteiger partial charge in [-0.15, -0.1) is 0 Å². The van der Waals surface area contributed by atoms with Crippen molar-refractivity contribution in [1.82, 2.24) is 15.1 Å². The van der Waals surface area contributed by atoms with E-state index in [0.717, 1.165) is 49.7 Å². The molecule has 2 aromatic rings. The first kappa shape index (κ1) is 33.5. The number of ether oxygens (including phenoxy) is 1. The van der Waals surface area contributed by atoms with Crippen LogP contribution < -0.4 is 5.32 Å². The van der Waals surface area contributed by atoms with Gasteiger partial charge in [0.2, 0.25) is 0 Å². The first-order valence-electron chi connectivity index (χ1n) is 16.7. The second-order valence-electron chi connectivity index (χ2n) is 13.9. The molecule has 0 aromatic heterocycles. The van der Waals surface area contributed by atoms with Gasteiger partial charge in [0, 0.05) is 42.3 Å². The van der Waals surface area contributed by atoms with E-state index < -0.39 is 5.60 Å². The predicted molar refractivity (Wildman–Crippen MR) is 176 cm³/mol. The normalized spacial score (nSPS) is 20.7. The Balaban J connectivity index is 1.51.